The third-order valence-corrected chi connectivity index (χ3v) is 6.55. The lowest BCUT2D eigenvalue weighted by Gasteiger charge is -2.13. The number of aliphatic hydroxyl groups excluding tert-OH is 1. The fourth-order valence-electron chi connectivity index (χ4n) is 2.22. The van der Waals surface area contributed by atoms with Crippen LogP contribution in [0.2, 0.25) is 0 Å². The molecule has 0 aromatic heterocycles. The number of rotatable bonds is 8. The van der Waals surface area contributed by atoms with Crippen molar-refractivity contribution in [3.63, 3.8) is 0 Å². The zero-order valence-corrected chi connectivity index (χ0v) is 15.5. The minimum Gasteiger partial charge on any atom is -0.395 e. The molecular weight excluding hydrogens is 418 g/mol. The van der Waals surface area contributed by atoms with Crippen LogP contribution < -0.4 is 4.72 Å². The molecular formula is C14H13N3O9S2. The van der Waals surface area contributed by atoms with Crippen molar-refractivity contribution in [1.82, 2.24) is 0 Å². The third kappa shape index (κ3) is 4.41. The van der Waals surface area contributed by atoms with Gasteiger partial charge in [0.05, 0.1) is 32.0 Å². The number of nitro benzene ring substituents is 2. The van der Waals surface area contributed by atoms with Gasteiger partial charge in [-0.15, -0.1) is 0 Å². The Balaban J connectivity index is 2.66. The van der Waals surface area contributed by atoms with Gasteiger partial charge in [-0.1, -0.05) is 12.1 Å². The molecule has 0 atom stereocenters. The summed E-state index contributed by atoms with van der Waals surface area (Å²) in [6.45, 7) is -0.790. The Bertz CT molecular complexity index is 1140. The van der Waals surface area contributed by atoms with E-state index in [1.165, 1.54) is 0 Å². The minimum absolute atomic E-state index is 0.543. The first-order chi connectivity index (χ1) is 13.0. The topological polar surface area (TPSA) is 187 Å². The van der Waals surface area contributed by atoms with E-state index in [1.54, 1.807) is 0 Å². The van der Waals surface area contributed by atoms with E-state index in [0.717, 1.165) is 42.5 Å². The van der Waals surface area contributed by atoms with Gasteiger partial charge in [-0.3, -0.25) is 25.0 Å². The molecule has 28 heavy (non-hydrogen) atoms. The van der Waals surface area contributed by atoms with Gasteiger partial charge in [0.1, 0.15) is 5.69 Å². The number of nitrogens with zero attached hydrogens (tertiary/aromatic N) is 2. The summed E-state index contributed by atoms with van der Waals surface area (Å²) >= 11 is 0. The Kier molecular flexibility index (Phi) is 5.96. The number of hydrogen-bond acceptors (Lipinski definition) is 9. The van der Waals surface area contributed by atoms with Gasteiger partial charge in [-0.05, 0) is 12.1 Å². The van der Waals surface area contributed by atoms with Crippen molar-refractivity contribution in [2.24, 2.45) is 0 Å². The summed E-state index contributed by atoms with van der Waals surface area (Å²) in [7, 11) is -8.87. The second-order valence-electron chi connectivity index (χ2n) is 5.31. The standard InChI is InChI=1S/C14H13N3O9S2/c18-7-8-27(23,24)13-6-2-5-12(17(21)22)14(13)15-28(25,26)11-4-1-3-10(9-11)16(19)20/h1-6,9,15,18H,7-8H2. The second-order valence-corrected chi connectivity index (χ2v) is 9.07. The summed E-state index contributed by atoms with van der Waals surface area (Å²) in [5.41, 5.74) is -2.21. The largest absolute Gasteiger partial charge is 0.395 e. The molecule has 0 unspecified atom stereocenters. The maximum atomic E-state index is 12.6. The highest BCUT2D eigenvalue weighted by Crippen LogP contribution is 2.34. The molecule has 14 heteroatoms. The van der Waals surface area contributed by atoms with Gasteiger partial charge < -0.3 is 5.11 Å². The minimum atomic E-state index is -4.61. The third-order valence-electron chi connectivity index (χ3n) is 3.47. The van der Waals surface area contributed by atoms with Crippen LogP contribution in [0.1, 0.15) is 0 Å². The van der Waals surface area contributed by atoms with Gasteiger partial charge in [0.15, 0.2) is 9.84 Å². The molecule has 0 radical (unpaired) electrons. The lowest BCUT2D eigenvalue weighted by atomic mass is 10.3. The van der Waals surface area contributed by atoms with Gasteiger partial charge in [0, 0.05) is 18.2 Å². The molecule has 0 spiro atoms. The van der Waals surface area contributed by atoms with Crippen LogP contribution in [-0.4, -0.2) is 44.1 Å². The van der Waals surface area contributed by atoms with Crippen LogP contribution in [0.25, 0.3) is 0 Å². The highest BCUT2D eigenvalue weighted by atomic mass is 32.2. The van der Waals surface area contributed by atoms with Crippen molar-refractivity contribution in [2.75, 3.05) is 17.1 Å². The molecule has 0 aliphatic carbocycles. The maximum absolute atomic E-state index is 12.6. The number of nitrogens with one attached hydrogen (secondary N) is 1. The normalized spacial score (nSPS) is 11.8. The molecule has 2 aromatic rings. The molecule has 0 bridgehead atoms. The SMILES string of the molecule is O=[N+]([O-])c1cccc(S(=O)(=O)Nc2c([N+](=O)[O-])cccc2S(=O)(=O)CCO)c1. The number of nitro groups is 2. The molecule has 150 valence electrons. The summed E-state index contributed by atoms with van der Waals surface area (Å²) in [6, 6.07) is 6.75. The molecule has 0 aliphatic rings. The van der Waals surface area contributed by atoms with Crippen LogP contribution in [0.4, 0.5) is 17.1 Å². The van der Waals surface area contributed by atoms with E-state index < -0.39 is 68.9 Å². The highest BCUT2D eigenvalue weighted by Gasteiger charge is 2.29. The van der Waals surface area contributed by atoms with Crippen LogP contribution in [0.15, 0.2) is 52.3 Å². The zero-order chi connectivity index (χ0) is 21.1. The van der Waals surface area contributed by atoms with Crippen molar-refractivity contribution >= 4 is 36.9 Å². The van der Waals surface area contributed by atoms with Crippen LogP contribution in [0, 0.1) is 20.2 Å². The van der Waals surface area contributed by atoms with E-state index in [0.29, 0.717) is 0 Å². The Morgan fingerprint density at radius 2 is 1.61 bits per heavy atom. The van der Waals surface area contributed by atoms with Gasteiger partial charge in [-0.25, -0.2) is 16.8 Å². The zero-order valence-electron chi connectivity index (χ0n) is 13.9. The molecule has 2 rings (SSSR count). The van der Waals surface area contributed by atoms with E-state index in [2.05, 4.69) is 0 Å². The van der Waals surface area contributed by atoms with Crippen LogP contribution in [-0.2, 0) is 19.9 Å². The van der Waals surface area contributed by atoms with Crippen LogP contribution >= 0.6 is 0 Å². The molecule has 0 amide bonds. The van der Waals surface area contributed by atoms with E-state index in [1.807, 2.05) is 4.72 Å². The second kappa shape index (κ2) is 7.87. The van der Waals surface area contributed by atoms with Gasteiger partial charge >= 0.3 is 0 Å². The molecule has 2 N–H and O–H groups in total. The summed E-state index contributed by atoms with van der Waals surface area (Å²) in [5.74, 6) is -0.792. The number of benzene rings is 2. The summed E-state index contributed by atoms with van der Waals surface area (Å²) < 4.78 is 51.6. The van der Waals surface area contributed by atoms with E-state index >= 15 is 0 Å². The average molecular weight is 431 g/mol. The Morgan fingerprint density at radius 1 is 0.964 bits per heavy atom. The maximum Gasteiger partial charge on any atom is 0.294 e. The number of aliphatic hydroxyl groups is 1. The van der Waals surface area contributed by atoms with Crippen LogP contribution in [0.3, 0.4) is 0 Å². The first-order valence-electron chi connectivity index (χ1n) is 7.38. The van der Waals surface area contributed by atoms with Crippen molar-refractivity contribution in [1.29, 1.82) is 0 Å². The first kappa shape index (κ1) is 21.2. The molecule has 0 aliphatic heterocycles. The molecule has 0 saturated carbocycles. The van der Waals surface area contributed by atoms with E-state index in [9.17, 15) is 37.1 Å². The first-order valence-corrected chi connectivity index (χ1v) is 10.5. The Morgan fingerprint density at radius 3 is 2.18 bits per heavy atom. The van der Waals surface area contributed by atoms with Crippen molar-refractivity contribution in [3.8, 4) is 0 Å². The van der Waals surface area contributed by atoms with Gasteiger partial charge in [0.25, 0.3) is 21.4 Å². The molecule has 0 saturated heterocycles. The van der Waals surface area contributed by atoms with Crippen molar-refractivity contribution in [3.05, 3.63) is 62.7 Å². The monoisotopic (exact) mass is 431 g/mol. The number of hydrogen-bond donors (Lipinski definition) is 2. The number of sulfonamides is 1. The smallest absolute Gasteiger partial charge is 0.294 e. The summed E-state index contributed by atoms with van der Waals surface area (Å²) in [6.07, 6.45) is 0. The summed E-state index contributed by atoms with van der Waals surface area (Å²) in [5, 5.41) is 31.0. The highest BCUT2D eigenvalue weighted by molar-refractivity contribution is 7.93. The fourth-order valence-corrected chi connectivity index (χ4v) is 4.63. The predicted molar refractivity (Wildman–Crippen MR) is 96.1 cm³/mol. The molecule has 12 nitrogen and oxygen atoms in total. The molecule has 2 aromatic carbocycles. The van der Waals surface area contributed by atoms with Gasteiger partial charge in [-0.2, -0.15) is 0 Å². The van der Waals surface area contributed by atoms with Crippen LogP contribution in [0.5, 0.6) is 0 Å². The van der Waals surface area contributed by atoms with Gasteiger partial charge in [0.2, 0.25) is 0 Å². The Hall–Kier alpha value is -3.10. The molecule has 0 fully saturated rings. The average Bonchev–Trinajstić information content (AvgIpc) is 2.61. The molecule has 0 heterocycles. The number of anilines is 1. The predicted octanol–water partition coefficient (Wildman–Crippen LogP) is 1.07. The summed E-state index contributed by atoms with van der Waals surface area (Å²) in [4.78, 5) is 19.0. The quantitative estimate of drug-likeness (QED) is 0.455. The Labute approximate surface area is 158 Å². The van der Waals surface area contributed by atoms with E-state index in [-0.39, 0.29) is 0 Å². The lowest BCUT2D eigenvalue weighted by Crippen LogP contribution is -2.19. The number of non-ortho nitro benzene ring substituents is 1. The number of sulfone groups is 1. The van der Waals surface area contributed by atoms with Crippen molar-refractivity contribution in [2.45, 2.75) is 9.79 Å². The van der Waals surface area contributed by atoms with E-state index in [4.69, 9.17) is 5.11 Å². The number of para-hydroxylation sites is 1. The fraction of sp³-hybridized carbons (Fsp3) is 0.143. The van der Waals surface area contributed by atoms with Crippen molar-refractivity contribution < 1.29 is 31.8 Å². The lowest BCUT2D eigenvalue weighted by molar-refractivity contribution is -0.385.